The topological polar surface area (TPSA) is 86.3 Å². The number of para-hydroxylation sites is 1. The Labute approximate surface area is 157 Å². The zero-order chi connectivity index (χ0) is 19.4. The van der Waals surface area contributed by atoms with Crippen LogP contribution in [0.1, 0.15) is 5.56 Å². The molecule has 3 rings (SSSR count). The number of aromatic nitrogens is 1. The average Bonchev–Trinajstić information content (AvgIpc) is 2.70. The second kappa shape index (κ2) is 7.70. The normalized spacial score (nSPS) is 10.4. The van der Waals surface area contributed by atoms with Crippen LogP contribution in [0.25, 0.3) is 10.9 Å². The Morgan fingerprint density at radius 3 is 2.44 bits per heavy atom. The van der Waals surface area contributed by atoms with Crippen molar-refractivity contribution in [1.82, 2.24) is 4.98 Å². The number of non-ortho nitro benzene ring substituents is 1. The molecule has 0 spiro atoms. The Balaban J connectivity index is 1.82. The van der Waals surface area contributed by atoms with Crippen LogP contribution in [-0.4, -0.2) is 37.1 Å². The summed E-state index contributed by atoms with van der Waals surface area (Å²) in [5.41, 5.74) is 2.02. The summed E-state index contributed by atoms with van der Waals surface area (Å²) in [4.78, 5) is 19.2. The Morgan fingerprint density at radius 2 is 1.78 bits per heavy atom. The van der Waals surface area contributed by atoms with Crippen LogP contribution in [-0.2, 0) is 0 Å². The maximum atomic E-state index is 11.0. The van der Waals surface area contributed by atoms with Gasteiger partial charge in [0.1, 0.15) is 5.82 Å². The molecule has 0 aliphatic carbocycles. The monoisotopic (exact) mass is 361 g/mol. The largest absolute Gasteiger partial charge is 0.373 e. The summed E-state index contributed by atoms with van der Waals surface area (Å²) in [5.74, 6) is 0.661. The van der Waals surface area contributed by atoms with E-state index in [-0.39, 0.29) is 5.69 Å². The number of likely N-dealkylation sites (N-methyl/N-ethyl adjacent to an activating group) is 2. The number of rotatable bonds is 6. The Bertz CT molecular complexity index is 1010. The molecule has 27 heavy (non-hydrogen) atoms. The summed E-state index contributed by atoms with van der Waals surface area (Å²) in [7, 11) is 3.94. The van der Waals surface area contributed by atoms with Crippen LogP contribution in [0.15, 0.2) is 54.6 Å². The first-order chi connectivity index (χ1) is 13.0. The number of nitriles is 1. The Hall–Kier alpha value is -3.66. The minimum absolute atomic E-state index is 0.0496. The molecule has 7 nitrogen and oxygen atoms in total. The fourth-order valence-corrected chi connectivity index (χ4v) is 2.83. The Kier molecular flexibility index (Phi) is 5.18. The van der Waals surface area contributed by atoms with Gasteiger partial charge < -0.3 is 9.80 Å². The molecule has 0 unspecified atom stereocenters. The maximum absolute atomic E-state index is 11.0. The second-order valence-corrected chi connectivity index (χ2v) is 6.28. The van der Waals surface area contributed by atoms with Gasteiger partial charge in [-0.1, -0.05) is 18.2 Å². The maximum Gasteiger partial charge on any atom is 0.270 e. The number of anilines is 2. The molecular formula is C20H19N5O2. The third-order valence-electron chi connectivity index (χ3n) is 4.47. The van der Waals surface area contributed by atoms with Crippen molar-refractivity contribution in [3.05, 3.63) is 70.3 Å². The highest BCUT2D eigenvalue weighted by atomic mass is 16.6. The SMILES string of the molecule is CN(CCN(C)c1cc(C#N)c2cc([N+](=O)[O-])ccc2n1)c1ccccc1. The zero-order valence-electron chi connectivity index (χ0n) is 15.2. The minimum Gasteiger partial charge on any atom is -0.373 e. The number of nitro groups is 1. The molecule has 0 aliphatic heterocycles. The smallest absolute Gasteiger partial charge is 0.270 e. The van der Waals surface area contributed by atoms with Gasteiger partial charge in [0, 0.05) is 50.4 Å². The molecule has 0 aliphatic rings. The quantitative estimate of drug-likeness (QED) is 0.493. The highest BCUT2D eigenvalue weighted by Gasteiger charge is 2.13. The molecule has 0 N–H and O–H groups in total. The molecule has 0 bridgehead atoms. The van der Waals surface area contributed by atoms with Crippen LogP contribution >= 0.6 is 0 Å². The number of pyridine rings is 1. The van der Waals surface area contributed by atoms with E-state index in [0.717, 1.165) is 12.2 Å². The number of nitro benzene ring substituents is 1. The molecule has 0 fully saturated rings. The van der Waals surface area contributed by atoms with Crippen molar-refractivity contribution in [3.63, 3.8) is 0 Å². The standard InChI is InChI=1S/C20H19N5O2/c1-23(16-6-4-3-5-7-16)10-11-24(2)20-12-15(14-21)18-13-17(25(26)27)8-9-19(18)22-20/h3-9,12-13H,10-11H2,1-2H3. The van der Waals surface area contributed by atoms with Gasteiger partial charge in [-0.25, -0.2) is 4.98 Å². The predicted octanol–water partition coefficient (Wildman–Crippen LogP) is 3.59. The van der Waals surface area contributed by atoms with Gasteiger partial charge in [0.25, 0.3) is 5.69 Å². The van der Waals surface area contributed by atoms with Crippen LogP contribution in [0.5, 0.6) is 0 Å². The third-order valence-corrected chi connectivity index (χ3v) is 4.47. The summed E-state index contributed by atoms with van der Waals surface area (Å²) in [5, 5.41) is 20.9. The lowest BCUT2D eigenvalue weighted by Crippen LogP contribution is -2.31. The van der Waals surface area contributed by atoms with E-state index < -0.39 is 4.92 Å². The summed E-state index contributed by atoms with van der Waals surface area (Å²) in [6, 6.07) is 18.3. The fraction of sp³-hybridized carbons (Fsp3) is 0.200. The van der Waals surface area contributed by atoms with Crippen molar-refractivity contribution in [3.8, 4) is 6.07 Å². The van der Waals surface area contributed by atoms with Crippen molar-refractivity contribution >= 4 is 28.1 Å². The first-order valence-corrected chi connectivity index (χ1v) is 8.46. The lowest BCUT2D eigenvalue weighted by molar-refractivity contribution is -0.384. The van der Waals surface area contributed by atoms with Gasteiger partial charge >= 0.3 is 0 Å². The molecule has 2 aromatic carbocycles. The van der Waals surface area contributed by atoms with Gasteiger partial charge in [-0.15, -0.1) is 0 Å². The molecule has 136 valence electrons. The van der Waals surface area contributed by atoms with Crippen molar-refractivity contribution in [2.45, 2.75) is 0 Å². The zero-order valence-corrected chi connectivity index (χ0v) is 15.2. The predicted molar refractivity (Wildman–Crippen MR) is 106 cm³/mol. The first-order valence-electron chi connectivity index (χ1n) is 8.46. The second-order valence-electron chi connectivity index (χ2n) is 6.28. The molecule has 0 saturated carbocycles. The highest BCUT2D eigenvalue weighted by Crippen LogP contribution is 2.26. The van der Waals surface area contributed by atoms with E-state index in [0.29, 0.717) is 28.8 Å². The van der Waals surface area contributed by atoms with Crippen LogP contribution in [0, 0.1) is 21.4 Å². The van der Waals surface area contributed by atoms with Crippen molar-refractivity contribution in [2.75, 3.05) is 37.0 Å². The van der Waals surface area contributed by atoms with Gasteiger partial charge in [-0.2, -0.15) is 5.26 Å². The minimum atomic E-state index is -0.472. The molecular weight excluding hydrogens is 342 g/mol. The third kappa shape index (κ3) is 3.96. The molecule has 7 heteroatoms. The van der Waals surface area contributed by atoms with E-state index in [9.17, 15) is 15.4 Å². The van der Waals surface area contributed by atoms with E-state index in [4.69, 9.17) is 0 Å². The highest BCUT2D eigenvalue weighted by molar-refractivity contribution is 5.88. The molecule has 1 heterocycles. The van der Waals surface area contributed by atoms with Crippen molar-refractivity contribution in [1.29, 1.82) is 5.26 Å². The fourth-order valence-electron chi connectivity index (χ4n) is 2.83. The number of hydrogen-bond donors (Lipinski definition) is 0. The summed E-state index contributed by atoms with van der Waals surface area (Å²) < 4.78 is 0. The summed E-state index contributed by atoms with van der Waals surface area (Å²) in [6.45, 7) is 1.49. The van der Waals surface area contributed by atoms with Crippen LogP contribution in [0.2, 0.25) is 0 Å². The number of benzene rings is 2. The van der Waals surface area contributed by atoms with Gasteiger partial charge in [0.2, 0.25) is 0 Å². The van der Waals surface area contributed by atoms with Crippen molar-refractivity contribution < 1.29 is 4.92 Å². The molecule has 0 amide bonds. The van der Waals surface area contributed by atoms with E-state index in [1.807, 2.05) is 37.2 Å². The van der Waals surface area contributed by atoms with Gasteiger partial charge in [-0.05, 0) is 24.3 Å². The molecule has 3 aromatic rings. The Morgan fingerprint density at radius 1 is 1.07 bits per heavy atom. The van der Waals surface area contributed by atoms with Crippen LogP contribution < -0.4 is 9.80 Å². The van der Waals surface area contributed by atoms with Gasteiger partial charge in [-0.3, -0.25) is 10.1 Å². The van der Waals surface area contributed by atoms with Gasteiger partial charge in [0.15, 0.2) is 0 Å². The number of nitrogens with zero attached hydrogens (tertiary/aromatic N) is 5. The lowest BCUT2D eigenvalue weighted by atomic mass is 10.1. The van der Waals surface area contributed by atoms with Crippen molar-refractivity contribution in [2.24, 2.45) is 0 Å². The number of fused-ring (bicyclic) bond motifs is 1. The first kappa shape index (κ1) is 18.1. The molecule has 0 atom stereocenters. The van der Waals surface area contributed by atoms with Gasteiger partial charge in [0.05, 0.1) is 22.1 Å². The van der Waals surface area contributed by atoms with E-state index in [1.54, 1.807) is 12.1 Å². The summed E-state index contributed by atoms with van der Waals surface area (Å²) >= 11 is 0. The van der Waals surface area contributed by atoms with Crippen LogP contribution in [0.3, 0.4) is 0 Å². The van der Waals surface area contributed by atoms with E-state index in [1.165, 1.54) is 12.1 Å². The molecule has 1 aromatic heterocycles. The molecule has 0 radical (unpaired) electrons. The van der Waals surface area contributed by atoms with Crippen LogP contribution in [0.4, 0.5) is 17.2 Å². The summed E-state index contributed by atoms with van der Waals surface area (Å²) in [6.07, 6.45) is 0. The molecule has 0 saturated heterocycles. The average molecular weight is 361 g/mol. The van der Waals surface area contributed by atoms with E-state index in [2.05, 4.69) is 28.1 Å². The lowest BCUT2D eigenvalue weighted by Gasteiger charge is -2.24. The number of hydrogen-bond acceptors (Lipinski definition) is 6. The van der Waals surface area contributed by atoms with E-state index >= 15 is 0 Å².